The minimum Gasteiger partial charge on any atom is -0.496 e. The van der Waals surface area contributed by atoms with Crippen LogP contribution in [-0.2, 0) is 11.3 Å². The number of nitriles is 1. The molecule has 3 aliphatic heterocycles. The molecule has 2 atom stereocenters. The molecule has 0 radical (unpaired) electrons. The van der Waals surface area contributed by atoms with Crippen LogP contribution >= 0.6 is 0 Å². The highest BCUT2D eigenvalue weighted by Crippen LogP contribution is 2.29. The fourth-order valence-corrected chi connectivity index (χ4v) is 4.79. The van der Waals surface area contributed by atoms with Crippen molar-refractivity contribution in [2.45, 2.75) is 32.0 Å². The normalized spacial score (nSPS) is 19.4. The zero-order valence-corrected chi connectivity index (χ0v) is 21.8. The van der Waals surface area contributed by atoms with E-state index in [4.69, 9.17) is 14.2 Å². The molecule has 200 valence electrons. The highest BCUT2D eigenvalue weighted by molar-refractivity contribution is 5.95. The molecule has 1 aromatic heterocycles. The smallest absolute Gasteiger partial charge is 0.258 e. The van der Waals surface area contributed by atoms with Crippen LogP contribution in [0.3, 0.4) is 0 Å². The lowest BCUT2D eigenvalue weighted by molar-refractivity contribution is -0.123. The molecule has 1 saturated heterocycles. The second-order valence-electron chi connectivity index (χ2n) is 9.48. The van der Waals surface area contributed by atoms with Gasteiger partial charge in [-0.15, -0.1) is 0 Å². The van der Waals surface area contributed by atoms with E-state index in [0.717, 1.165) is 11.1 Å². The topological polar surface area (TPSA) is 126 Å². The third-order valence-electron chi connectivity index (χ3n) is 6.90. The number of hydrogen-bond acceptors (Lipinski definition) is 8. The fraction of sp³-hybridized carbons (Fsp3) is 0.310. The molecule has 0 spiro atoms. The minimum atomic E-state index is -0.421. The second-order valence-corrected chi connectivity index (χ2v) is 9.48. The van der Waals surface area contributed by atoms with E-state index in [1.807, 2.05) is 24.0 Å². The molecule has 39 heavy (non-hydrogen) atoms. The van der Waals surface area contributed by atoms with Crippen LogP contribution in [0.25, 0.3) is 0 Å². The van der Waals surface area contributed by atoms with Gasteiger partial charge in [-0.2, -0.15) is 5.26 Å². The van der Waals surface area contributed by atoms with E-state index in [2.05, 4.69) is 21.7 Å². The van der Waals surface area contributed by atoms with Gasteiger partial charge in [-0.1, -0.05) is 6.07 Å². The number of aryl methyl sites for hydroxylation is 1. The number of ether oxygens (including phenoxy) is 3. The minimum absolute atomic E-state index is 0.194. The number of benzene rings is 2. The predicted molar refractivity (Wildman–Crippen MR) is 143 cm³/mol. The van der Waals surface area contributed by atoms with Crippen molar-refractivity contribution in [1.29, 1.82) is 5.26 Å². The first kappa shape index (κ1) is 25.9. The zero-order chi connectivity index (χ0) is 27.4. The predicted octanol–water partition coefficient (Wildman–Crippen LogP) is 2.74. The molecule has 0 unspecified atom stereocenters. The Hall–Kier alpha value is -4.78. The molecule has 4 heterocycles. The number of pyridine rings is 1. The first-order valence-corrected chi connectivity index (χ1v) is 12.7. The largest absolute Gasteiger partial charge is 0.496 e. The van der Waals surface area contributed by atoms with Crippen molar-refractivity contribution >= 4 is 17.6 Å². The van der Waals surface area contributed by atoms with Crippen molar-refractivity contribution < 1.29 is 23.8 Å². The first-order valence-electron chi connectivity index (χ1n) is 12.7. The average molecular weight is 528 g/mol. The highest BCUT2D eigenvalue weighted by Gasteiger charge is 2.34. The molecule has 2 N–H and O–H groups in total. The summed E-state index contributed by atoms with van der Waals surface area (Å²) in [6.07, 6.45) is 1.88. The Bertz CT molecular complexity index is 1440. The lowest BCUT2D eigenvalue weighted by Crippen LogP contribution is -2.57. The van der Waals surface area contributed by atoms with Crippen LogP contribution in [0.2, 0.25) is 0 Å². The number of anilines is 1. The third kappa shape index (κ3) is 5.72. The van der Waals surface area contributed by atoms with Gasteiger partial charge in [0.25, 0.3) is 11.8 Å². The molecule has 2 amide bonds. The van der Waals surface area contributed by atoms with Crippen molar-refractivity contribution in [1.82, 2.24) is 15.6 Å². The van der Waals surface area contributed by atoms with Crippen LogP contribution in [0.4, 0.5) is 5.82 Å². The summed E-state index contributed by atoms with van der Waals surface area (Å²) in [4.78, 5) is 32.3. The monoisotopic (exact) mass is 527 g/mol. The summed E-state index contributed by atoms with van der Waals surface area (Å²) in [5.41, 5.74) is 2.46. The maximum Gasteiger partial charge on any atom is 0.258 e. The van der Waals surface area contributed by atoms with E-state index in [1.54, 1.807) is 49.7 Å². The van der Waals surface area contributed by atoms with E-state index in [1.165, 1.54) is 0 Å². The molecule has 3 aromatic rings. The molecule has 2 aromatic carbocycles. The Labute approximate surface area is 226 Å². The van der Waals surface area contributed by atoms with E-state index >= 15 is 0 Å². The molecule has 4 bridgehead atoms. The van der Waals surface area contributed by atoms with Crippen molar-refractivity contribution in [3.63, 3.8) is 0 Å². The van der Waals surface area contributed by atoms with E-state index in [9.17, 15) is 14.9 Å². The molecular formula is C29H29N5O5. The first-order chi connectivity index (χ1) is 18.9. The Kier molecular flexibility index (Phi) is 7.50. The Morgan fingerprint density at radius 3 is 2.87 bits per heavy atom. The summed E-state index contributed by atoms with van der Waals surface area (Å²) < 4.78 is 17.7. The number of carbonyl (C=O) groups is 2. The number of nitrogens with zero attached hydrogens (tertiary/aromatic N) is 3. The number of amides is 2. The number of nitrogens with one attached hydrogen (secondary N) is 2. The summed E-state index contributed by atoms with van der Waals surface area (Å²) in [6, 6.07) is 15.8. The average Bonchev–Trinajstić information content (AvgIpc) is 2.96. The summed E-state index contributed by atoms with van der Waals surface area (Å²) >= 11 is 0. The molecule has 10 heteroatoms. The summed E-state index contributed by atoms with van der Waals surface area (Å²) in [5.74, 6) is 1.59. The van der Waals surface area contributed by atoms with Crippen LogP contribution in [0.15, 0.2) is 54.7 Å². The van der Waals surface area contributed by atoms with Gasteiger partial charge in [0.15, 0.2) is 6.61 Å². The number of carbonyl (C=O) groups excluding carboxylic acids is 2. The lowest BCUT2D eigenvalue weighted by atomic mass is 10.00. The van der Waals surface area contributed by atoms with Gasteiger partial charge in [-0.3, -0.25) is 9.59 Å². The maximum atomic E-state index is 13.4. The fourth-order valence-electron chi connectivity index (χ4n) is 4.79. The Morgan fingerprint density at radius 1 is 1.18 bits per heavy atom. The zero-order valence-electron chi connectivity index (χ0n) is 21.8. The van der Waals surface area contributed by atoms with Crippen LogP contribution < -0.4 is 29.7 Å². The van der Waals surface area contributed by atoms with E-state index in [-0.39, 0.29) is 31.1 Å². The molecule has 1 fully saturated rings. The second kappa shape index (κ2) is 11.3. The van der Waals surface area contributed by atoms with Gasteiger partial charge in [0.2, 0.25) is 0 Å². The molecule has 0 aliphatic carbocycles. The number of methoxy groups -OCH3 is 1. The maximum absolute atomic E-state index is 13.4. The van der Waals surface area contributed by atoms with Crippen molar-refractivity contribution in [2.75, 3.05) is 31.7 Å². The number of fused-ring (bicyclic) bond motifs is 7. The number of hydrogen-bond donors (Lipinski definition) is 2. The van der Waals surface area contributed by atoms with Crippen molar-refractivity contribution in [3.05, 3.63) is 77.0 Å². The molecule has 6 rings (SSSR count). The summed E-state index contributed by atoms with van der Waals surface area (Å²) in [7, 11) is 1.56. The quantitative estimate of drug-likeness (QED) is 0.521. The number of aromatic nitrogens is 1. The summed E-state index contributed by atoms with van der Waals surface area (Å²) in [6.45, 7) is 2.90. The standard InChI is InChI=1S/C29H29N5O5/c1-18-5-6-19-12-25(18)38-17-27(35)32-15-21-7-8-22(13-26(21)37-2)39-24-9-11-34(16-23(24)33-29(19)36)28-20(14-30)4-3-10-31-28/h3-8,10,12-13,23-24H,9,11,15-17H2,1-2H3,(H,32,35)(H,33,36)/t23-,24+/m0/s1. The Morgan fingerprint density at radius 2 is 2.05 bits per heavy atom. The van der Waals surface area contributed by atoms with Gasteiger partial charge in [0, 0.05) is 49.4 Å². The molecule has 3 aliphatic rings. The Balaban J connectivity index is 1.50. The van der Waals surface area contributed by atoms with Gasteiger partial charge in [0.1, 0.15) is 35.2 Å². The molecule has 10 nitrogen and oxygen atoms in total. The number of rotatable bonds is 2. The van der Waals surface area contributed by atoms with Crippen LogP contribution in [0, 0.1) is 18.3 Å². The van der Waals surface area contributed by atoms with Gasteiger partial charge in [-0.25, -0.2) is 4.98 Å². The van der Waals surface area contributed by atoms with Crippen LogP contribution in [-0.4, -0.2) is 55.8 Å². The van der Waals surface area contributed by atoms with Crippen LogP contribution in [0.5, 0.6) is 17.2 Å². The van der Waals surface area contributed by atoms with Crippen molar-refractivity contribution in [2.24, 2.45) is 0 Å². The van der Waals surface area contributed by atoms with Gasteiger partial charge >= 0.3 is 0 Å². The van der Waals surface area contributed by atoms with E-state index < -0.39 is 6.04 Å². The molecule has 0 saturated carbocycles. The summed E-state index contributed by atoms with van der Waals surface area (Å²) in [5, 5.41) is 15.6. The van der Waals surface area contributed by atoms with E-state index in [0.29, 0.717) is 53.7 Å². The van der Waals surface area contributed by atoms with Crippen LogP contribution in [0.1, 0.15) is 33.5 Å². The SMILES string of the molecule is COc1cc2ccc1CNC(=O)COc1cc(ccc1C)C(=O)N[C@H]1CN(c3ncccc3C#N)CC[C@H]1O2. The van der Waals surface area contributed by atoms with Gasteiger partial charge < -0.3 is 29.7 Å². The van der Waals surface area contributed by atoms with Gasteiger partial charge in [-0.05, 0) is 48.9 Å². The molecular weight excluding hydrogens is 498 g/mol. The van der Waals surface area contributed by atoms with Gasteiger partial charge in [0.05, 0.1) is 18.7 Å². The van der Waals surface area contributed by atoms with Crippen molar-refractivity contribution in [3.8, 4) is 23.3 Å². The highest BCUT2D eigenvalue weighted by atomic mass is 16.5. The third-order valence-corrected chi connectivity index (χ3v) is 6.90. The lowest BCUT2D eigenvalue weighted by Gasteiger charge is -2.39. The number of piperidine rings is 1.